The van der Waals surface area contributed by atoms with Gasteiger partial charge in [-0.25, -0.2) is 0 Å². The minimum absolute atomic E-state index is 0.272. The molecule has 1 radical (unpaired) electrons. The van der Waals surface area contributed by atoms with E-state index in [1.807, 2.05) is 60.7 Å². The number of hydrogen-bond donors (Lipinski definition) is 0. The lowest BCUT2D eigenvalue weighted by atomic mass is 10.1. The van der Waals surface area contributed by atoms with Crippen LogP contribution in [0, 0.1) is 0 Å². The zero-order chi connectivity index (χ0) is 13.5. The molecule has 0 amide bonds. The summed E-state index contributed by atoms with van der Waals surface area (Å²) in [6, 6.07) is 19.2. The molecule has 0 saturated carbocycles. The summed E-state index contributed by atoms with van der Waals surface area (Å²) < 4.78 is 5.18. The van der Waals surface area contributed by atoms with Crippen LogP contribution >= 0.6 is 0 Å². The zero-order valence-corrected chi connectivity index (χ0v) is 11.0. The summed E-state index contributed by atoms with van der Waals surface area (Å²) in [5, 5.41) is 13.4. The summed E-state index contributed by atoms with van der Waals surface area (Å²) in [5.41, 5.74) is 1.99. The minimum atomic E-state index is -0.272. The standard InChI is InChI=1S/C16H18NO2/c1-19-13-16(15-10-6-3-7-11-15)17(18)12-14-8-4-2-5-9-14/h2-11,16H,12-13H2,1H3/t16-/m0/s1. The van der Waals surface area contributed by atoms with Crippen molar-refractivity contribution in [3.63, 3.8) is 0 Å². The number of hydrogen-bond acceptors (Lipinski definition) is 2. The van der Waals surface area contributed by atoms with Crippen LogP contribution in [0.3, 0.4) is 0 Å². The maximum Gasteiger partial charge on any atom is 0.0870 e. The Morgan fingerprint density at radius 2 is 1.58 bits per heavy atom. The van der Waals surface area contributed by atoms with Gasteiger partial charge in [0.2, 0.25) is 0 Å². The Bertz CT molecular complexity index is 473. The lowest BCUT2D eigenvalue weighted by Gasteiger charge is -2.23. The molecule has 0 spiro atoms. The Balaban J connectivity index is 2.11. The van der Waals surface area contributed by atoms with E-state index >= 15 is 0 Å². The van der Waals surface area contributed by atoms with Gasteiger partial charge in [0.1, 0.15) is 0 Å². The molecule has 0 unspecified atom stereocenters. The average molecular weight is 256 g/mol. The predicted octanol–water partition coefficient (Wildman–Crippen LogP) is 3.22. The normalized spacial score (nSPS) is 12.6. The Labute approximate surface area is 114 Å². The van der Waals surface area contributed by atoms with Gasteiger partial charge in [-0.15, -0.1) is 10.3 Å². The van der Waals surface area contributed by atoms with Gasteiger partial charge in [-0.1, -0.05) is 60.7 Å². The Morgan fingerprint density at radius 1 is 1.00 bits per heavy atom. The first-order chi connectivity index (χ1) is 9.31. The molecule has 99 valence electrons. The van der Waals surface area contributed by atoms with Crippen molar-refractivity contribution in [2.45, 2.75) is 12.6 Å². The van der Waals surface area contributed by atoms with Crippen molar-refractivity contribution in [3.05, 3.63) is 71.8 Å². The average Bonchev–Trinajstić information content (AvgIpc) is 2.46. The third kappa shape index (κ3) is 3.89. The highest BCUT2D eigenvalue weighted by atomic mass is 16.5. The molecule has 2 rings (SSSR count). The van der Waals surface area contributed by atoms with Crippen LogP contribution in [0.4, 0.5) is 0 Å². The molecule has 0 aliphatic carbocycles. The van der Waals surface area contributed by atoms with Gasteiger partial charge in [-0.3, -0.25) is 0 Å². The van der Waals surface area contributed by atoms with Gasteiger partial charge in [0.25, 0.3) is 0 Å². The summed E-state index contributed by atoms with van der Waals surface area (Å²) in [6.45, 7) is 0.754. The van der Waals surface area contributed by atoms with Crippen LogP contribution in [0.1, 0.15) is 17.2 Å². The van der Waals surface area contributed by atoms with Gasteiger partial charge >= 0.3 is 0 Å². The highest BCUT2D eigenvalue weighted by Crippen LogP contribution is 2.21. The van der Waals surface area contributed by atoms with Gasteiger partial charge in [0.15, 0.2) is 0 Å². The first-order valence-corrected chi connectivity index (χ1v) is 6.33. The van der Waals surface area contributed by atoms with E-state index in [0.717, 1.165) is 16.2 Å². The van der Waals surface area contributed by atoms with E-state index in [1.54, 1.807) is 7.11 Å². The molecular formula is C16H18NO2. The molecule has 0 N–H and O–H groups in total. The van der Waals surface area contributed by atoms with E-state index < -0.39 is 0 Å². The van der Waals surface area contributed by atoms with Gasteiger partial charge in [-0.05, 0) is 11.1 Å². The molecule has 0 bridgehead atoms. The monoisotopic (exact) mass is 256 g/mol. The van der Waals surface area contributed by atoms with Crippen molar-refractivity contribution in [3.8, 4) is 0 Å². The number of hydroxylamine groups is 2. The third-order valence-corrected chi connectivity index (χ3v) is 3.04. The van der Waals surface area contributed by atoms with E-state index in [1.165, 1.54) is 0 Å². The summed E-state index contributed by atoms with van der Waals surface area (Å²) in [5.74, 6) is 0. The van der Waals surface area contributed by atoms with Crippen LogP contribution in [0.15, 0.2) is 60.7 Å². The van der Waals surface area contributed by atoms with Crippen LogP contribution in [-0.4, -0.2) is 18.8 Å². The molecular weight excluding hydrogens is 238 g/mol. The minimum Gasteiger partial charge on any atom is -0.383 e. The van der Waals surface area contributed by atoms with Crippen molar-refractivity contribution in [1.29, 1.82) is 0 Å². The smallest absolute Gasteiger partial charge is 0.0870 e. The molecule has 1 atom stereocenters. The van der Waals surface area contributed by atoms with Crippen molar-refractivity contribution in [2.24, 2.45) is 0 Å². The Hall–Kier alpha value is -1.68. The highest BCUT2D eigenvalue weighted by molar-refractivity contribution is 5.20. The van der Waals surface area contributed by atoms with E-state index in [9.17, 15) is 5.21 Å². The molecule has 0 aromatic heterocycles. The van der Waals surface area contributed by atoms with Crippen LogP contribution < -0.4 is 0 Å². The Morgan fingerprint density at radius 3 is 2.16 bits per heavy atom. The van der Waals surface area contributed by atoms with Crippen LogP contribution in [0.25, 0.3) is 0 Å². The van der Waals surface area contributed by atoms with E-state index in [4.69, 9.17) is 4.74 Å². The SMILES string of the molecule is COC[C@@H](c1ccccc1)N([O])Cc1ccccc1. The maximum absolute atomic E-state index is 12.3. The van der Waals surface area contributed by atoms with Gasteiger partial charge in [-0.2, -0.15) is 0 Å². The van der Waals surface area contributed by atoms with Crippen molar-refractivity contribution in [2.75, 3.05) is 13.7 Å². The topological polar surface area (TPSA) is 32.4 Å². The first-order valence-electron chi connectivity index (χ1n) is 6.33. The number of methoxy groups -OCH3 is 1. The fraction of sp³-hybridized carbons (Fsp3) is 0.250. The van der Waals surface area contributed by atoms with E-state index in [-0.39, 0.29) is 6.04 Å². The lowest BCUT2D eigenvalue weighted by Crippen LogP contribution is -2.27. The second kappa shape index (κ2) is 7.04. The van der Waals surface area contributed by atoms with E-state index in [2.05, 4.69) is 0 Å². The Kier molecular flexibility index (Phi) is 5.10. The first kappa shape index (κ1) is 13.7. The van der Waals surface area contributed by atoms with Crippen LogP contribution in [0.2, 0.25) is 0 Å². The molecule has 0 aliphatic heterocycles. The summed E-state index contributed by atoms with van der Waals surface area (Å²) in [4.78, 5) is 0. The van der Waals surface area contributed by atoms with Crippen molar-refractivity contribution < 1.29 is 9.94 Å². The molecule has 0 saturated heterocycles. The second-order valence-electron chi connectivity index (χ2n) is 4.44. The fourth-order valence-corrected chi connectivity index (χ4v) is 2.05. The molecule has 0 aliphatic rings. The van der Waals surface area contributed by atoms with Gasteiger partial charge in [0, 0.05) is 7.11 Å². The zero-order valence-electron chi connectivity index (χ0n) is 11.0. The molecule has 19 heavy (non-hydrogen) atoms. The predicted molar refractivity (Wildman–Crippen MR) is 73.7 cm³/mol. The van der Waals surface area contributed by atoms with Crippen molar-refractivity contribution >= 4 is 0 Å². The molecule has 0 heterocycles. The van der Waals surface area contributed by atoms with Gasteiger partial charge in [0.05, 0.1) is 19.2 Å². The highest BCUT2D eigenvalue weighted by Gasteiger charge is 2.20. The summed E-state index contributed by atoms with van der Waals surface area (Å²) >= 11 is 0. The number of benzene rings is 2. The van der Waals surface area contributed by atoms with Crippen molar-refractivity contribution in [1.82, 2.24) is 5.06 Å². The molecule has 3 nitrogen and oxygen atoms in total. The third-order valence-electron chi connectivity index (χ3n) is 3.04. The molecule has 0 fully saturated rings. The van der Waals surface area contributed by atoms with Gasteiger partial charge < -0.3 is 4.74 Å². The molecule has 3 heteroatoms. The lowest BCUT2D eigenvalue weighted by molar-refractivity contribution is -0.206. The number of rotatable bonds is 6. The summed E-state index contributed by atoms with van der Waals surface area (Å²) in [6.07, 6.45) is 0. The number of ether oxygens (including phenoxy) is 1. The van der Waals surface area contributed by atoms with Crippen LogP contribution in [-0.2, 0) is 16.5 Å². The largest absolute Gasteiger partial charge is 0.383 e. The fourth-order valence-electron chi connectivity index (χ4n) is 2.05. The summed E-state index contributed by atoms with van der Waals surface area (Å²) in [7, 11) is 1.62. The van der Waals surface area contributed by atoms with E-state index in [0.29, 0.717) is 13.2 Å². The second-order valence-corrected chi connectivity index (χ2v) is 4.44. The number of nitrogens with zero attached hydrogens (tertiary/aromatic N) is 1. The quantitative estimate of drug-likeness (QED) is 0.743. The molecule has 2 aromatic carbocycles. The molecule has 2 aromatic rings. The van der Waals surface area contributed by atoms with Crippen LogP contribution in [0.5, 0.6) is 0 Å². The maximum atomic E-state index is 12.3.